The van der Waals surface area contributed by atoms with E-state index in [1.54, 1.807) is 0 Å². The van der Waals surface area contributed by atoms with Crippen molar-refractivity contribution >= 4 is 17.4 Å². The third-order valence-corrected chi connectivity index (χ3v) is 4.08. The van der Waals surface area contributed by atoms with Crippen molar-refractivity contribution in [1.29, 1.82) is 0 Å². The molecule has 15 heavy (non-hydrogen) atoms. The van der Waals surface area contributed by atoms with Gasteiger partial charge >= 0.3 is 0 Å². The van der Waals surface area contributed by atoms with Crippen molar-refractivity contribution in [2.24, 2.45) is 5.92 Å². The number of nitrogens with zero attached hydrogens (tertiary/aromatic N) is 1. The van der Waals surface area contributed by atoms with Gasteiger partial charge in [0.25, 0.3) is 0 Å². The third-order valence-electron chi connectivity index (χ3n) is 3.81. The average molecular weight is 230 g/mol. The van der Waals surface area contributed by atoms with Crippen LogP contribution >= 0.6 is 11.6 Å². The molecular formula is C12H20ClNO. The van der Waals surface area contributed by atoms with Gasteiger partial charge < -0.3 is 0 Å². The van der Waals surface area contributed by atoms with E-state index in [4.69, 9.17) is 11.6 Å². The normalized spacial score (nSPS) is 32.7. The number of fused-ring (bicyclic) bond motifs is 1. The average Bonchev–Trinajstić information content (AvgIpc) is 2.27. The Hall–Kier alpha value is -0.0800. The monoisotopic (exact) mass is 229 g/mol. The predicted molar refractivity (Wildman–Crippen MR) is 62.3 cm³/mol. The Labute approximate surface area is 97.0 Å². The zero-order valence-electron chi connectivity index (χ0n) is 9.25. The van der Waals surface area contributed by atoms with E-state index in [-0.39, 0.29) is 0 Å². The second-order valence-corrected chi connectivity index (χ2v) is 5.13. The molecule has 86 valence electrons. The molecule has 2 rings (SSSR count). The molecule has 2 atom stereocenters. The number of ketones is 1. The van der Waals surface area contributed by atoms with Crippen molar-refractivity contribution in [1.82, 2.24) is 4.90 Å². The first-order valence-corrected chi connectivity index (χ1v) is 6.69. The molecule has 1 aliphatic carbocycles. The smallest absolute Gasteiger partial charge is 0.137 e. The summed E-state index contributed by atoms with van der Waals surface area (Å²) >= 11 is 5.73. The van der Waals surface area contributed by atoms with E-state index in [0.29, 0.717) is 17.7 Å². The minimum absolute atomic E-state index is 0.350. The maximum absolute atomic E-state index is 11.8. The van der Waals surface area contributed by atoms with Crippen LogP contribution in [0.1, 0.15) is 38.5 Å². The van der Waals surface area contributed by atoms with Crippen molar-refractivity contribution < 1.29 is 4.79 Å². The molecule has 0 aromatic rings. The first-order chi connectivity index (χ1) is 7.33. The van der Waals surface area contributed by atoms with Gasteiger partial charge in [-0.05, 0) is 45.2 Å². The Morgan fingerprint density at radius 2 is 2.20 bits per heavy atom. The molecule has 2 unspecified atom stereocenters. The summed E-state index contributed by atoms with van der Waals surface area (Å²) in [4.78, 5) is 14.3. The second kappa shape index (κ2) is 5.31. The lowest BCUT2D eigenvalue weighted by molar-refractivity contribution is -0.129. The van der Waals surface area contributed by atoms with Crippen molar-refractivity contribution in [3.8, 4) is 0 Å². The van der Waals surface area contributed by atoms with Gasteiger partial charge in [-0.25, -0.2) is 0 Å². The molecule has 2 aliphatic rings. The minimum Gasteiger partial charge on any atom is -0.300 e. The topological polar surface area (TPSA) is 20.3 Å². The van der Waals surface area contributed by atoms with Gasteiger partial charge in [0.05, 0.1) is 0 Å². The number of alkyl halides is 1. The van der Waals surface area contributed by atoms with Crippen molar-refractivity contribution in [2.45, 2.75) is 44.6 Å². The summed E-state index contributed by atoms with van der Waals surface area (Å²) in [5.74, 6) is 1.60. The van der Waals surface area contributed by atoms with Crippen LogP contribution in [0.3, 0.4) is 0 Å². The number of likely N-dealkylation sites (tertiary alicyclic amines) is 1. The lowest BCUT2D eigenvalue weighted by atomic mass is 9.77. The molecule has 1 heterocycles. The molecule has 0 amide bonds. The van der Waals surface area contributed by atoms with Gasteiger partial charge in [-0.2, -0.15) is 0 Å². The molecule has 0 bridgehead atoms. The van der Waals surface area contributed by atoms with E-state index in [1.807, 2.05) is 0 Å². The molecule has 0 aromatic heterocycles. The summed E-state index contributed by atoms with van der Waals surface area (Å²) in [7, 11) is 0. The fourth-order valence-electron chi connectivity index (χ4n) is 3.10. The Morgan fingerprint density at radius 3 is 3.00 bits per heavy atom. The predicted octanol–water partition coefficient (Wildman–Crippen LogP) is 2.45. The lowest BCUT2D eigenvalue weighted by Crippen LogP contribution is -2.50. The van der Waals surface area contributed by atoms with Gasteiger partial charge in [-0.3, -0.25) is 9.69 Å². The zero-order chi connectivity index (χ0) is 10.7. The van der Waals surface area contributed by atoms with Crippen LogP contribution in [0.4, 0.5) is 0 Å². The molecular weight excluding hydrogens is 210 g/mol. The van der Waals surface area contributed by atoms with E-state index in [2.05, 4.69) is 4.90 Å². The Bertz CT molecular complexity index is 232. The Balaban J connectivity index is 1.97. The van der Waals surface area contributed by atoms with Crippen LogP contribution in [0.2, 0.25) is 0 Å². The highest BCUT2D eigenvalue weighted by Crippen LogP contribution is 2.33. The van der Waals surface area contributed by atoms with Crippen LogP contribution in [-0.4, -0.2) is 35.7 Å². The molecule has 3 heteroatoms. The quantitative estimate of drug-likeness (QED) is 0.693. The lowest BCUT2D eigenvalue weighted by Gasteiger charge is -2.43. The highest BCUT2D eigenvalue weighted by Gasteiger charge is 2.37. The van der Waals surface area contributed by atoms with Gasteiger partial charge in [0.1, 0.15) is 5.78 Å². The van der Waals surface area contributed by atoms with Gasteiger partial charge in [-0.15, -0.1) is 11.6 Å². The first kappa shape index (κ1) is 11.4. The molecule has 0 N–H and O–H groups in total. The Kier molecular flexibility index (Phi) is 4.04. The number of piperidine rings is 1. The summed E-state index contributed by atoms with van der Waals surface area (Å²) < 4.78 is 0. The van der Waals surface area contributed by atoms with Crippen LogP contribution < -0.4 is 0 Å². The fraction of sp³-hybridized carbons (Fsp3) is 0.917. The molecule has 1 saturated heterocycles. The summed E-state index contributed by atoms with van der Waals surface area (Å²) in [6.45, 7) is 2.25. The van der Waals surface area contributed by atoms with Gasteiger partial charge in [0, 0.05) is 24.3 Å². The fourth-order valence-corrected chi connectivity index (χ4v) is 3.22. The number of carbonyl (C=O) groups excluding carboxylic acids is 1. The van der Waals surface area contributed by atoms with Crippen LogP contribution in [0.25, 0.3) is 0 Å². The number of rotatable bonds is 3. The molecule has 0 spiro atoms. The minimum atomic E-state index is 0.350. The number of halogens is 1. The van der Waals surface area contributed by atoms with Crippen LogP contribution in [0, 0.1) is 5.92 Å². The first-order valence-electron chi connectivity index (χ1n) is 6.15. The maximum Gasteiger partial charge on any atom is 0.137 e. The largest absolute Gasteiger partial charge is 0.300 e. The number of hydrogen-bond donors (Lipinski definition) is 0. The highest BCUT2D eigenvalue weighted by atomic mass is 35.5. The molecule has 0 radical (unpaired) electrons. The molecule has 1 aliphatic heterocycles. The summed E-state index contributed by atoms with van der Waals surface area (Å²) in [5.41, 5.74) is 0. The van der Waals surface area contributed by atoms with Crippen LogP contribution in [-0.2, 0) is 4.79 Å². The number of hydrogen-bond acceptors (Lipinski definition) is 2. The third kappa shape index (κ3) is 2.54. The Morgan fingerprint density at radius 1 is 1.33 bits per heavy atom. The zero-order valence-corrected chi connectivity index (χ0v) is 10.0. The second-order valence-electron chi connectivity index (χ2n) is 4.75. The molecule has 2 nitrogen and oxygen atoms in total. The summed E-state index contributed by atoms with van der Waals surface area (Å²) in [6.07, 6.45) is 6.51. The van der Waals surface area contributed by atoms with E-state index in [9.17, 15) is 4.79 Å². The van der Waals surface area contributed by atoms with E-state index < -0.39 is 0 Å². The molecule has 0 aromatic carbocycles. The van der Waals surface area contributed by atoms with E-state index >= 15 is 0 Å². The van der Waals surface area contributed by atoms with Crippen LogP contribution in [0.5, 0.6) is 0 Å². The molecule has 2 fully saturated rings. The maximum atomic E-state index is 11.8. The van der Waals surface area contributed by atoms with Crippen molar-refractivity contribution in [3.05, 3.63) is 0 Å². The van der Waals surface area contributed by atoms with Gasteiger partial charge in [0.15, 0.2) is 0 Å². The van der Waals surface area contributed by atoms with Crippen LogP contribution in [0.15, 0.2) is 0 Å². The van der Waals surface area contributed by atoms with Gasteiger partial charge in [-0.1, -0.05) is 0 Å². The standard InChI is InChI=1S/C12H20ClNO/c13-7-3-9-14-8-2-4-10-11(14)5-1-6-12(10)15/h10-11H,1-9H2. The van der Waals surface area contributed by atoms with E-state index in [1.165, 1.54) is 19.4 Å². The van der Waals surface area contributed by atoms with Crippen molar-refractivity contribution in [2.75, 3.05) is 19.0 Å². The number of Topliss-reactive ketones (excluding diaryl/α,β-unsaturated/α-hetero) is 1. The number of carbonyl (C=O) groups is 1. The highest BCUT2D eigenvalue weighted by molar-refractivity contribution is 6.17. The van der Waals surface area contributed by atoms with E-state index in [0.717, 1.165) is 38.1 Å². The van der Waals surface area contributed by atoms with Crippen molar-refractivity contribution in [3.63, 3.8) is 0 Å². The van der Waals surface area contributed by atoms with Gasteiger partial charge in [0.2, 0.25) is 0 Å². The summed E-state index contributed by atoms with van der Waals surface area (Å²) in [6, 6.07) is 0.545. The molecule has 1 saturated carbocycles. The SMILES string of the molecule is O=C1CCCC2C1CCCN2CCCCl. The summed E-state index contributed by atoms with van der Waals surface area (Å²) in [5, 5.41) is 0.